The van der Waals surface area contributed by atoms with Gasteiger partial charge in [-0.25, -0.2) is 8.42 Å². The van der Waals surface area contributed by atoms with Crippen LogP contribution in [0.1, 0.15) is 0 Å². The fraction of sp³-hybridized carbons (Fsp3) is 0.375. The van der Waals surface area contributed by atoms with E-state index in [1.54, 1.807) is 14.2 Å². The molecule has 1 aromatic carbocycles. The summed E-state index contributed by atoms with van der Waals surface area (Å²) >= 11 is 16.4. The van der Waals surface area contributed by atoms with E-state index in [2.05, 4.69) is 20.8 Å². The molecule has 1 aromatic heterocycles. The maximum atomic E-state index is 13.0. The van der Waals surface area contributed by atoms with Crippen molar-refractivity contribution < 1.29 is 17.9 Å². The molecule has 0 saturated carbocycles. The number of sulfonamides is 1. The summed E-state index contributed by atoms with van der Waals surface area (Å²) in [6.07, 6.45) is 0. The average Bonchev–Trinajstić information content (AvgIpc) is 2.93. The molecule has 0 unspecified atom stereocenters. The van der Waals surface area contributed by atoms with Crippen LogP contribution in [0.3, 0.4) is 0 Å². The highest BCUT2D eigenvalue weighted by atomic mass is 79.9. The molecule has 0 amide bonds. The second-order valence-electron chi connectivity index (χ2n) is 5.72. The number of benzene rings is 1. The second-order valence-corrected chi connectivity index (χ2v) is 10.6. The molecule has 0 bridgehead atoms. The standard InChI is InChI=1S/C16H17BrCl2N2O4S2/c1-24-10-3-4-11(12(9-10)25-2)20-5-7-21(8-6-20)27(22,23)14-13(17)15(18)26-16(14)19/h3-4,9H,5-8H2,1-2H3. The van der Waals surface area contributed by atoms with Crippen LogP contribution in [0.2, 0.25) is 8.67 Å². The Morgan fingerprint density at radius 3 is 2.26 bits per heavy atom. The number of nitrogens with zero attached hydrogens (tertiary/aromatic N) is 2. The number of methoxy groups -OCH3 is 2. The number of hydrogen-bond acceptors (Lipinski definition) is 6. The summed E-state index contributed by atoms with van der Waals surface area (Å²) in [7, 11) is -0.541. The molecule has 0 atom stereocenters. The second kappa shape index (κ2) is 8.34. The van der Waals surface area contributed by atoms with Crippen molar-refractivity contribution in [2.24, 2.45) is 0 Å². The molecule has 2 aromatic rings. The predicted octanol–water partition coefficient (Wildman–Crippen LogP) is 4.35. The van der Waals surface area contributed by atoms with Crippen molar-refractivity contribution in [3.63, 3.8) is 0 Å². The Labute approximate surface area is 180 Å². The summed E-state index contributed by atoms with van der Waals surface area (Å²) in [5.41, 5.74) is 0.896. The van der Waals surface area contributed by atoms with Crippen molar-refractivity contribution in [3.05, 3.63) is 31.3 Å². The molecule has 3 rings (SSSR count). The van der Waals surface area contributed by atoms with E-state index in [1.165, 1.54) is 4.31 Å². The lowest BCUT2D eigenvalue weighted by atomic mass is 10.2. The summed E-state index contributed by atoms with van der Waals surface area (Å²) in [4.78, 5) is 2.12. The Kier molecular flexibility index (Phi) is 6.49. The summed E-state index contributed by atoms with van der Waals surface area (Å²) < 4.78 is 38.9. The molecule has 2 heterocycles. The number of hydrogen-bond donors (Lipinski definition) is 0. The fourth-order valence-electron chi connectivity index (χ4n) is 2.90. The number of anilines is 1. The number of ether oxygens (including phenoxy) is 2. The average molecular weight is 516 g/mol. The summed E-state index contributed by atoms with van der Waals surface area (Å²) in [6, 6.07) is 5.57. The minimum atomic E-state index is -3.73. The molecule has 0 N–H and O–H groups in total. The van der Waals surface area contributed by atoms with Gasteiger partial charge >= 0.3 is 0 Å². The van der Waals surface area contributed by atoms with Gasteiger partial charge in [0, 0.05) is 32.2 Å². The van der Waals surface area contributed by atoms with E-state index in [1.807, 2.05) is 18.2 Å². The molecule has 6 nitrogen and oxygen atoms in total. The highest BCUT2D eigenvalue weighted by molar-refractivity contribution is 9.10. The molecular weight excluding hydrogens is 499 g/mol. The third-order valence-corrected chi connectivity index (χ3v) is 9.66. The Balaban J connectivity index is 1.79. The first-order valence-corrected chi connectivity index (χ1v) is 11.7. The van der Waals surface area contributed by atoms with Crippen molar-refractivity contribution in [1.29, 1.82) is 0 Å². The van der Waals surface area contributed by atoms with Crippen molar-refractivity contribution in [1.82, 2.24) is 4.31 Å². The zero-order valence-electron chi connectivity index (χ0n) is 14.5. The molecule has 0 spiro atoms. The summed E-state index contributed by atoms with van der Waals surface area (Å²) in [5.74, 6) is 1.38. The van der Waals surface area contributed by atoms with Gasteiger partial charge in [-0.05, 0) is 28.1 Å². The maximum Gasteiger partial charge on any atom is 0.246 e. The number of piperazine rings is 1. The topological polar surface area (TPSA) is 59.1 Å². The van der Waals surface area contributed by atoms with Crippen LogP contribution in [0.25, 0.3) is 0 Å². The molecule has 11 heteroatoms. The van der Waals surface area contributed by atoms with E-state index >= 15 is 0 Å². The quantitative estimate of drug-likeness (QED) is 0.592. The molecular formula is C16H17BrCl2N2O4S2. The lowest BCUT2D eigenvalue weighted by Crippen LogP contribution is -2.48. The van der Waals surface area contributed by atoms with Crippen LogP contribution in [0.4, 0.5) is 5.69 Å². The smallest absolute Gasteiger partial charge is 0.246 e. The Morgan fingerprint density at radius 1 is 1.07 bits per heavy atom. The van der Waals surface area contributed by atoms with Gasteiger partial charge in [-0.15, -0.1) is 11.3 Å². The van der Waals surface area contributed by atoms with Crippen LogP contribution in [-0.4, -0.2) is 53.1 Å². The highest BCUT2D eigenvalue weighted by Crippen LogP contribution is 2.44. The predicted molar refractivity (Wildman–Crippen MR) is 113 cm³/mol. The van der Waals surface area contributed by atoms with Crippen LogP contribution in [0.15, 0.2) is 27.6 Å². The first-order chi connectivity index (χ1) is 12.8. The summed E-state index contributed by atoms with van der Waals surface area (Å²) in [5, 5.41) is 0. The fourth-order valence-corrected chi connectivity index (χ4v) is 7.81. The van der Waals surface area contributed by atoms with Crippen LogP contribution in [-0.2, 0) is 10.0 Å². The van der Waals surface area contributed by atoms with Gasteiger partial charge in [-0.2, -0.15) is 4.31 Å². The first kappa shape index (κ1) is 21.0. The summed E-state index contributed by atoms with van der Waals surface area (Å²) in [6.45, 7) is 1.70. The zero-order valence-corrected chi connectivity index (χ0v) is 19.3. The van der Waals surface area contributed by atoms with Gasteiger partial charge in [-0.1, -0.05) is 23.2 Å². The highest BCUT2D eigenvalue weighted by Gasteiger charge is 2.34. The van der Waals surface area contributed by atoms with Crippen molar-refractivity contribution in [3.8, 4) is 11.5 Å². The number of thiophene rings is 1. The number of rotatable bonds is 5. The van der Waals surface area contributed by atoms with E-state index in [0.29, 0.717) is 46.5 Å². The molecule has 0 radical (unpaired) electrons. The molecule has 1 saturated heterocycles. The third-order valence-electron chi connectivity index (χ3n) is 4.29. The van der Waals surface area contributed by atoms with Gasteiger partial charge in [0.25, 0.3) is 0 Å². The lowest BCUT2D eigenvalue weighted by molar-refractivity contribution is 0.375. The van der Waals surface area contributed by atoms with Crippen LogP contribution in [0.5, 0.6) is 11.5 Å². The normalized spacial score (nSPS) is 15.8. The van der Waals surface area contributed by atoms with Gasteiger partial charge in [0.05, 0.1) is 24.4 Å². The van der Waals surface area contributed by atoms with Gasteiger partial charge in [0.1, 0.15) is 25.1 Å². The van der Waals surface area contributed by atoms with E-state index in [9.17, 15) is 8.42 Å². The molecule has 1 aliphatic rings. The molecule has 148 valence electrons. The minimum absolute atomic E-state index is 0.0367. The van der Waals surface area contributed by atoms with E-state index < -0.39 is 10.0 Å². The monoisotopic (exact) mass is 514 g/mol. The SMILES string of the molecule is COc1ccc(N2CCN(S(=O)(=O)c3c(Cl)sc(Cl)c3Br)CC2)c(OC)c1. The van der Waals surface area contributed by atoms with Gasteiger partial charge in [0.2, 0.25) is 10.0 Å². The van der Waals surface area contributed by atoms with Gasteiger partial charge in [-0.3, -0.25) is 0 Å². The Bertz CT molecular complexity index is 944. The Hall–Kier alpha value is -0.710. The van der Waals surface area contributed by atoms with Crippen LogP contribution < -0.4 is 14.4 Å². The Morgan fingerprint density at radius 2 is 1.74 bits per heavy atom. The third kappa shape index (κ3) is 4.04. The molecule has 0 aliphatic carbocycles. The van der Waals surface area contributed by atoms with Crippen LogP contribution in [0, 0.1) is 0 Å². The van der Waals surface area contributed by atoms with Crippen molar-refractivity contribution in [2.45, 2.75) is 4.90 Å². The van der Waals surface area contributed by atoms with E-state index in [0.717, 1.165) is 17.0 Å². The number of halogens is 3. The lowest BCUT2D eigenvalue weighted by Gasteiger charge is -2.36. The largest absolute Gasteiger partial charge is 0.497 e. The van der Waals surface area contributed by atoms with Crippen molar-refractivity contribution >= 4 is 66.2 Å². The van der Waals surface area contributed by atoms with Gasteiger partial charge in [0.15, 0.2) is 0 Å². The van der Waals surface area contributed by atoms with Gasteiger partial charge < -0.3 is 14.4 Å². The van der Waals surface area contributed by atoms with Crippen LogP contribution >= 0.6 is 50.5 Å². The van der Waals surface area contributed by atoms with Crippen molar-refractivity contribution in [2.75, 3.05) is 45.3 Å². The van der Waals surface area contributed by atoms with E-state index in [4.69, 9.17) is 32.7 Å². The maximum absolute atomic E-state index is 13.0. The molecule has 1 fully saturated rings. The molecule has 1 aliphatic heterocycles. The first-order valence-electron chi connectivity index (χ1n) is 7.90. The minimum Gasteiger partial charge on any atom is -0.497 e. The zero-order chi connectivity index (χ0) is 19.8. The molecule has 27 heavy (non-hydrogen) atoms. The van der Waals surface area contributed by atoms with E-state index in [-0.39, 0.29) is 9.23 Å².